The molecule has 2 aromatic carbocycles. The molecule has 0 bridgehead atoms. The van der Waals surface area contributed by atoms with Crippen LogP contribution >= 0.6 is 0 Å². The Kier molecular flexibility index (Phi) is 5.21. The van der Waals surface area contributed by atoms with Crippen LogP contribution in [0.3, 0.4) is 0 Å². The fourth-order valence-electron chi connectivity index (χ4n) is 3.11. The summed E-state index contributed by atoms with van der Waals surface area (Å²) in [4.78, 5) is 28.2. The molecule has 1 aliphatic heterocycles. The largest absolute Gasteiger partial charge is 0.368 e. The first kappa shape index (κ1) is 17.9. The number of aryl methyl sites for hydroxylation is 1. The summed E-state index contributed by atoms with van der Waals surface area (Å²) in [7, 11) is 0. The second-order valence-electron chi connectivity index (χ2n) is 6.43. The van der Waals surface area contributed by atoms with Crippen molar-refractivity contribution in [3.05, 3.63) is 59.4 Å². The van der Waals surface area contributed by atoms with Crippen molar-refractivity contribution in [2.24, 2.45) is 0 Å². The molecule has 0 atom stereocenters. The highest BCUT2D eigenvalue weighted by molar-refractivity contribution is 6.39. The van der Waals surface area contributed by atoms with Crippen LogP contribution in [0.15, 0.2) is 42.5 Å². The molecule has 5 nitrogen and oxygen atoms in total. The lowest BCUT2D eigenvalue weighted by atomic mass is 10.1. The Morgan fingerprint density at radius 1 is 0.962 bits per heavy atom. The second-order valence-corrected chi connectivity index (χ2v) is 6.43. The van der Waals surface area contributed by atoms with Crippen molar-refractivity contribution in [3.8, 4) is 0 Å². The van der Waals surface area contributed by atoms with Gasteiger partial charge in [-0.15, -0.1) is 0 Å². The smallest absolute Gasteiger partial charge is 0.313 e. The van der Waals surface area contributed by atoms with Gasteiger partial charge in [-0.1, -0.05) is 24.3 Å². The zero-order valence-corrected chi connectivity index (χ0v) is 15.0. The first-order valence-corrected chi connectivity index (χ1v) is 8.63. The highest BCUT2D eigenvalue weighted by Gasteiger charge is 2.27. The van der Waals surface area contributed by atoms with Crippen LogP contribution in [0.2, 0.25) is 0 Å². The fourth-order valence-corrected chi connectivity index (χ4v) is 3.11. The van der Waals surface area contributed by atoms with Crippen LogP contribution in [-0.4, -0.2) is 42.9 Å². The lowest BCUT2D eigenvalue weighted by Gasteiger charge is -2.36. The van der Waals surface area contributed by atoms with E-state index in [0.717, 1.165) is 5.69 Å². The molecule has 0 aromatic heterocycles. The number of anilines is 2. The Bertz CT molecular complexity index is 830. The van der Waals surface area contributed by atoms with Crippen molar-refractivity contribution >= 4 is 23.2 Å². The van der Waals surface area contributed by atoms with Gasteiger partial charge in [0.1, 0.15) is 5.82 Å². The van der Waals surface area contributed by atoms with E-state index in [-0.39, 0.29) is 5.69 Å². The SMILES string of the molecule is Cc1cccc(N2CCN(C(=O)C(=O)Nc3ccccc3F)CC2)c1C. The third-order valence-electron chi connectivity index (χ3n) is 4.80. The molecule has 0 aliphatic carbocycles. The van der Waals surface area contributed by atoms with Gasteiger partial charge in [-0.3, -0.25) is 9.59 Å². The highest BCUT2D eigenvalue weighted by Crippen LogP contribution is 2.24. The molecule has 0 spiro atoms. The number of para-hydroxylation sites is 1. The van der Waals surface area contributed by atoms with E-state index in [0.29, 0.717) is 26.2 Å². The van der Waals surface area contributed by atoms with E-state index < -0.39 is 17.6 Å². The lowest BCUT2D eigenvalue weighted by Crippen LogP contribution is -2.51. The predicted molar refractivity (Wildman–Crippen MR) is 99.7 cm³/mol. The van der Waals surface area contributed by atoms with Crippen LogP contribution in [0.5, 0.6) is 0 Å². The summed E-state index contributed by atoms with van der Waals surface area (Å²) in [6.07, 6.45) is 0. The Labute approximate surface area is 152 Å². The number of rotatable bonds is 2. The standard InChI is InChI=1S/C20H22FN3O2/c1-14-6-5-9-18(15(14)2)23-10-12-24(13-11-23)20(26)19(25)22-17-8-4-3-7-16(17)21/h3-9H,10-13H2,1-2H3,(H,22,25). The first-order chi connectivity index (χ1) is 12.5. The molecule has 0 unspecified atom stereocenters. The number of nitrogens with zero attached hydrogens (tertiary/aromatic N) is 2. The number of halogens is 1. The van der Waals surface area contributed by atoms with Crippen LogP contribution in [0.4, 0.5) is 15.8 Å². The molecule has 1 N–H and O–H groups in total. The Hall–Kier alpha value is -2.89. The van der Waals surface area contributed by atoms with Gasteiger partial charge >= 0.3 is 11.8 Å². The number of carbonyl (C=O) groups is 2. The van der Waals surface area contributed by atoms with Crippen molar-refractivity contribution in [1.29, 1.82) is 0 Å². The Balaban J connectivity index is 1.60. The zero-order chi connectivity index (χ0) is 18.7. The van der Waals surface area contributed by atoms with Crippen LogP contribution in [-0.2, 0) is 9.59 Å². The van der Waals surface area contributed by atoms with Crippen molar-refractivity contribution in [2.75, 3.05) is 36.4 Å². The van der Waals surface area contributed by atoms with E-state index in [4.69, 9.17) is 0 Å². The van der Waals surface area contributed by atoms with Crippen LogP contribution in [0, 0.1) is 19.7 Å². The second kappa shape index (κ2) is 7.56. The van der Waals surface area contributed by atoms with E-state index >= 15 is 0 Å². The van der Waals surface area contributed by atoms with Gasteiger partial charge in [0.05, 0.1) is 5.69 Å². The summed E-state index contributed by atoms with van der Waals surface area (Å²) in [5.41, 5.74) is 3.63. The van der Waals surface area contributed by atoms with Gasteiger partial charge in [0, 0.05) is 31.9 Å². The summed E-state index contributed by atoms with van der Waals surface area (Å²) >= 11 is 0. The molecule has 136 valence electrons. The summed E-state index contributed by atoms with van der Waals surface area (Å²) in [6.45, 7) is 6.38. The molecule has 1 fully saturated rings. The van der Waals surface area contributed by atoms with Crippen LogP contribution < -0.4 is 10.2 Å². The molecule has 26 heavy (non-hydrogen) atoms. The van der Waals surface area contributed by atoms with Gasteiger partial charge in [0.2, 0.25) is 0 Å². The van der Waals surface area contributed by atoms with Crippen molar-refractivity contribution < 1.29 is 14.0 Å². The number of carbonyl (C=O) groups excluding carboxylic acids is 2. The molecule has 1 aliphatic rings. The minimum Gasteiger partial charge on any atom is -0.368 e. The molecule has 1 heterocycles. The van der Waals surface area contributed by atoms with E-state index in [9.17, 15) is 14.0 Å². The number of hydrogen-bond acceptors (Lipinski definition) is 3. The maximum Gasteiger partial charge on any atom is 0.313 e. The minimum atomic E-state index is -0.810. The number of hydrogen-bond donors (Lipinski definition) is 1. The third-order valence-corrected chi connectivity index (χ3v) is 4.80. The van der Waals surface area contributed by atoms with E-state index in [1.165, 1.54) is 34.2 Å². The van der Waals surface area contributed by atoms with Gasteiger partial charge in [0.15, 0.2) is 0 Å². The number of nitrogens with one attached hydrogen (secondary N) is 1. The predicted octanol–water partition coefficient (Wildman–Crippen LogP) is 2.73. The molecule has 6 heteroatoms. The summed E-state index contributed by atoms with van der Waals surface area (Å²) < 4.78 is 13.6. The molecule has 0 radical (unpaired) electrons. The molecule has 1 saturated heterocycles. The summed E-state index contributed by atoms with van der Waals surface area (Å²) in [5, 5.41) is 2.35. The van der Waals surface area contributed by atoms with Crippen molar-refractivity contribution in [2.45, 2.75) is 13.8 Å². The van der Waals surface area contributed by atoms with E-state index in [2.05, 4.69) is 36.2 Å². The lowest BCUT2D eigenvalue weighted by molar-refractivity contribution is -0.143. The van der Waals surface area contributed by atoms with Gasteiger partial charge in [-0.2, -0.15) is 0 Å². The van der Waals surface area contributed by atoms with E-state index in [1.54, 1.807) is 6.07 Å². The Morgan fingerprint density at radius 2 is 1.65 bits per heavy atom. The quantitative estimate of drug-likeness (QED) is 0.843. The first-order valence-electron chi connectivity index (χ1n) is 8.63. The maximum atomic E-state index is 13.6. The topological polar surface area (TPSA) is 52.7 Å². The normalized spacial score (nSPS) is 14.3. The number of amides is 2. The average Bonchev–Trinajstić information content (AvgIpc) is 2.65. The molecular formula is C20H22FN3O2. The monoisotopic (exact) mass is 355 g/mol. The average molecular weight is 355 g/mol. The van der Waals surface area contributed by atoms with Gasteiger partial charge in [-0.25, -0.2) is 4.39 Å². The Morgan fingerprint density at radius 3 is 2.35 bits per heavy atom. The van der Waals surface area contributed by atoms with Crippen LogP contribution in [0.25, 0.3) is 0 Å². The molecular weight excluding hydrogens is 333 g/mol. The number of piperazine rings is 1. The van der Waals surface area contributed by atoms with Crippen LogP contribution in [0.1, 0.15) is 11.1 Å². The fraction of sp³-hybridized carbons (Fsp3) is 0.300. The van der Waals surface area contributed by atoms with Gasteiger partial charge in [-0.05, 0) is 43.2 Å². The summed E-state index contributed by atoms with van der Waals surface area (Å²) in [6, 6.07) is 12.0. The van der Waals surface area contributed by atoms with Gasteiger partial charge in [0.25, 0.3) is 0 Å². The van der Waals surface area contributed by atoms with Crippen molar-refractivity contribution in [3.63, 3.8) is 0 Å². The molecule has 2 amide bonds. The zero-order valence-electron chi connectivity index (χ0n) is 15.0. The molecule has 3 rings (SSSR count). The van der Waals surface area contributed by atoms with E-state index in [1.807, 2.05) is 6.07 Å². The van der Waals surface area contributed by atoms with Gasteiger partial charge < -0.3 is 15.1 Å². The highest BCUT2D eigenvalue weighted by atomic mass is 19.1. The maximum absolute atomic E-state index is 13.6. The minimum absolute atomic E-state index is 0.0138. The third kappa shape index (κ3) is 3.69. The molecule has 0 saturated carbocycles. The molecule has 2 aromatic rings. The summed E-state index contributed by atoms with van der Waals surface area (Å²) in [5.74, 6) is -2.00. The van der Waals surface area contributed by atoms with Crippen molar-refractivity contribution in [1.82, 2.24) is 4.90 Å². The number of benzene rings is 2.